The summed E-state index contributed by atoms with van der Waals surface area (Å²) in [5.41, 5.74) is 6.95. The zero-order valence-corrected chi connectivity index (χ0v) is 10.9. The SMILES string of the molecule is CC(=O)N(C)c1cccc(NC(=O)CC(C)N)c1. The highest BCUT2D eigenvalue weighted by atomic mass is 16.2. The van der Waals surface area contributed by atoms with Gasteiger partial charge in [-0.15, -0.1) is 0 Å². The van der Waals surface area contributed by atoms with Crippen LogP contribution in [0.2, 0.25) is 0 Å². The highest BCUT2D eigenvalue weighted by molar-refractivity contribution is 5.94. The molecule has 0 spiro atoms. The Morgan fingerprint density at radius 3 is 2.67 bits per heavy atom. The Kier molecular flexibility index (Phi) is 4.85. The lowest BCUT2D eigenvalue weighted by Gasteiger charge is -2.16. The number of carbonyl (C=O) groups is 2. The van der Waals surface area contributed by atoms with Crippen LogP contribution in [0.1, 0.15) is 20.3 Å². The van der Waals surface area contributed by atoms with E-state index < -0.39 is 0 Å². The molecule has 0 saturated heterocycles. The van der Waals surface area contributed by atoms with Crippen LogP contribution in [0.25, 0.3) is 0 Å². The Labute approximate surface area is 107 Å². The Hall–Kier alpha value is -1.88. The number of hydrogen-bond donors (Lipinski definition) is 2. The molecular formula is C13H19N3O2. The van der Waals surface area contributed by atoms with Crippen molar-refractivity contribution in [1.82, 2.24) is 0 Å². The Balaban J connectivity index is 2.76. The van der Waals surface area contributed by atoms with E-state index in [2.05, 4.69) is 5.32 Å². The number of amides is 2. The molecular weight excluding hydrogens is 230 g/mol. The molecule has 5 nitrogen and oxygen atoms in total. The number of benzene rings is 1. The molecule has 1 aromatic carbocycles. The molecule has 1 aromatic rings. The lowest BCUT2D eigenvalue weighted by molar-refractivity contribution is -0.117. The minimum Gasteiger partial charge on any atom is -0.327 e. The zero-order valence-electron chi connectivity index (χ0n) is 10.9. The van der Waals surface area contributed by atoms with Gasteiger partial charge >= 0.3 is 0 Å². The summed E-state index contributed by atoms with van der Waals surface area (Å²) in [7, 11) is 1.69. The summed E-state index contributed by atoms with van der Waals surface area (Å²) in [5.74, 6) is -0.193. The van der Waals surface area contributed by atoms with Crippen molar-refractivity contribution in [2.24, 2.45) is 5.73 Å². The van der Waals surface area contributed by atoms with Crippen molar-refractivity contribution in [1.29, 1.82) is 0 Å². The minimum absolute atomic E-state index is 0.0611. The molecule has 0 saturated carbocycles. The number of nitrogens with two attached hydrogens (primary N) is 1. The number of rotatable bonds is 4. The summed E-state index contributed by atoms with van der Waals surface area (Å²) in [6.07, 6.45) is 0.271. The van der Waals surface area contributed by atoms with Crippen LogP contribution in [0, 0.1) is 0 Å². The topological polar surface area (TPSA) is 75.4 Å². The van der Waals surface area contributed by atoms with Gasteiger partial charge in [-0.05, 0) is 25.1 Å². The van der Waals surface area contributed by atoms with Crippen LogP contribution in [0.3, 0.4) is 0 Å². The third-order valence-corrected chi connectivity index (χ3v) is 2.50. The third-order valence-electron chi connectivity index (χ3n) is 2.50. The van der Waals surface area contributed by atoms with Gasteiger partial charge in [-0.1, -0.05) is 6.07 Å². The van der Waals surface area contributed by atoms with Crippen molar-refractivity contribution in [2.75, 3.05) is 17.3 Å². The molecule has 0 aliphatic rings. The monoisotopic (exact) mass is 249 g/mol. The van der Waals surface area contributed by atoms with E-state index in [0.29, 0.717) is 5.69 Å². The van der Waals surface area contributed by atoms with E-state index in [4.69, 9.17) is 5.73 Å². The van der Waals surface area contributed by atoms with E-state index >= 15 is 0 Å². The van der Waals surface area contributed by atoms with Gasteiger partial charge in [-0.2, -0.15) is 0 Å². The smallest absolute Gasteiger partial charge is 0.225 e. The molecule has 3 N–H and O–H groups in total. The lowest BCUT2D eigenvalue weighted by Crippen LogP contribution is -2.25. The average molecular weight is 249 g/mol. The lowest BCUT2D eigenvalue weighted by atomic mass is 10.2. The van der Waals surface area contributed by atoms with Crippen LogP contribution in [0.4, 0.5) is 11.4 Å². The van der Waals surface area contributed by atoms with Crippen molar-refractivity contribution in [2.45, 2.75) is 26.3 Å². The van der Waals surface area contributed by atoms with Crippen LogP contribution in [0.5, 0.6) is 0 Å². The first kappa shape index (κ1) is 14.2. The van der Waals surface area contributed by atoms with Crippen molar-refractivity contribution in [3.63, 3.8) is 0 Å². The highest BCUT2D eigenvalue weighted by Gasteiger charge is 2.08. The highest BCUT2D eigenvalue weighted by Crippen LogP contribution is 2.18. The Morgan fingerprint density at radius 1 is 1.44 bits per heavy atom. The third kappa shape index (κ3) is 4.18. The van der Waals surface area contributed by atoms with Gasteiger partial charge < -0.3 is 16.0 Å². The number of nitrogens with one attached hydrogen (secondary N) is 1. The predicted molar refractivity (Wildman–Crippen MR) is 72.4 cm³/mol. The second kappa shape index (κ2) is 6.16. The first-order valence-electron chi connectivity index (χ1n) is 5.80. The zero-order chi connectivity index (χ0) is 13.7. The van der Waals surface area contributed by atoms with E-state index in [1.807, 2.05) is 6.07 Å². The molecule has 0 aliphatic heterocycles. The molecule has 1 atom stereocenters. The quantitative estimate of drug-likeness (QED) is 0.845. The first-order chi connectivity index (χ1) is 8.40. The molecule has 5 heteroatoms. The molecule has 0 aromatic heterocycles. The standard InChI is InChI=1S/C13H19N3O2/c1-9(14)7-13(18)15-11-5-4-6-12(8-11)16(3)10(2)17/h4-6,8-9H,7,14H2,1-3H3,(H,15,18). The summed E-state index contributed by atoms with van der Waals surface area (Å²) >= 11 is 0. The second-order valence-electron chi connectivity index (χ2n) is 4.36. The molecule has 98 valence electrons. The maximum atomic E-state index is 11.6. The van der Waals surface area contributed by atoms with E-state index in [9.17, 15) is 9.59 Å². The largest absolute Gasteiger partial charge is 0.327 e. The predicted octanol–water partition coefficient (Wildman–Crippen LogP) is 1.35. The fourth-order valence-electron chi connectivity index (χ4n) is 1.48. The van der Waals surface area contributed by atoms with E-state index in [-0.39, 0.29) is 24.3 Å². The fraction of sp³-hybridized carbons (Fsp3) is 0.385. The summed E-state index contributed by atoms with van der Waals surface area (Å²) in [5, 5.41) is 2.75. The molecule has 18 heavy (non-hydrogen) atoms. The van der Waals surface area contributed by atoms with Gasteiger partial charge in [0.15, 0.2) is 0 Å². The molecule has 0 heterocycles. The van der Waals surface area contributed by atoms with E-state index in [0.717, 1.165) is 5.69 Å². The van der Waals surface area contributed by atoms with Gasteiger partial charge in [-0.3, -0.25) is 9.59 Å². The fourth-order valence-corrected chi connectivity index (χ4v) is 1.48. The summed E-state index contributed by atoms with van der Waals surface area (Å²) < 4.78 is 0. The maximum absolute atomic E-state index is 11.6. The van der Waals surface area contributed by atoms with E-state index in [1.165, 1.54) is 11.8 Å². The molecule has 0 radical (unpaired) electrons. The number of hydrogen-bond acceptors (Lipinski definition) is 3. The van der Waals surface area contributed by atoms with Gasteiger partial charge in [0.1, 0.15) is 0 Å². The molecule has 2 amide bonds. The van der Waals surface area contributed by atoms with Crippen LogP contribution in [0.15, 0.2) is 24.3 Å². The summed E-state index contributed by atoms with van der Waals surface area (Å²) in [4.78, 5) is 24.3. The van der Waals surface area contributed by atoms with Crippen LogP contribution >= 0.6 is 0 Å². The van der Waals surface area contributed by atoms with Crippen molar-refractivity contribution < 1.29 is 9.59 Å². The van der Waals surface area contributed by atoms with Crippen molar-refractivity contribution in [3.8, 4) is 0 Å². The van der Waals surface area contributed by atoms with Crippen LogP contribution < -0.4 is 16.0 Å². The average Bonchev–Trinajstić information content (AvgIpc) is 2.26. The summed E-state index contributed by atoms with van der Waals surface area (Å²) in [6.45, 7) is 3.26. The Bertz CT molecular complexity index is 444. The van der Waals surface area contributed by atoms with Crippen molar-refractivity contribution in [3.05, 3.63) is 24.3 Å². The minimum atomic E-state index is -0.173. The van der Waals surface area contributed by atoms with Crippen LogP contribution in [-0.4, -0.2) is 24.9 Å². The number of carbonyl (C=O) groups excluding carboxylic acids is 2. The maximum Gasteiger partial charge on any atom is 0.225 e. The van der Waals surface area contributed by atoms with Gasteiger partial charge in [0.25, 0.3) is 0 Å². The normalized spacial score (nSPS) is 11.8. The molecule has 1 unspecified atom stereocenters. The van der Waals surface area contributed by atoms with Gasteiger partial charge in [-0.25, -0.2) is 0 Å². The molecule has 0 aliphatic carbocycles. The molecule has 0 fully saturated rings. The van der Waals surface area contributed by atoms with Gasteiger partial charge in [0.2, 0.25) is 11.8 Å². The van der Waals surface area contributed by atoms with E-state index in [1.54, 1.807) is 32.2 Å². The molecule has 0 bridgehead atoms. The summed E-state index contributed by atoms with van der Waals surface area (Å²) in [6, 6.07) is 6.95. The Morgan fingerprint density at radius 2 is 2.11 bits per heavy atom. The molecule has 1 rings (SSSR count). The number of nitrogens with zero attached hydrogens (tertiary/aromatic N) is 1. The van der Waals surface area contributed by atoms with Crippen LogP contribution in [-0.2, 0) is 9.59 Å². The first-order valence-corrected chi connectivity index (χ1v) is 5.80. The van der Waals surface area contributed by atoms with Gasteiger partial charge in [0.05, 0.1) is 0 Å². The second-order valence-corrected chi connectivity index (χ2v) is 4.36. The van der Waals surface area contributed by atoms with Gasteiger partial charge in [0, 0.05) is 37.8 Å². The number of anilines is 2. The van der Waals surface area contributed by atoms with Crippen molar-refractivity contribution >= 4 is 23.2 Å².